The number of terminal acetylenes is 1. The smallest absolute Gasteiger partial charge is 0.408 e. The lowest BCUT2D eigenvalue weighted by Crippen LogP contribution is -2.56. The third kappa shape index (κ3) is 8.87. The molecule has 0 aliphatic carbocycles. The molecule has 0 saturated heterocycles. The Morgan fingerprint density at radius 3 is 2.22 bits per heavy atom. The average molecular weight is 524 g/mol. The molecule has 0 spiro atoms. The molecular weight excluding hydrogens is 486 g/mol. The minimum Gasteiger partial charge on any atom is -0.444 e. The molecule has 2 rings (SSSR count). The van der Waals surface area contributed by atoms with Gasteiger partial charge in [-0.15, -0.1) is 6.42 Å². The van der Waals surface area contributed by atoms with Crippen molar-refractivity contribution in [3.63, 3.8) is 0 Å². The number of hydrogen-bond acceptors (Lipinski definition) is 5. The molecule has 0 aromatic heterocycles. The quantitative estimate of drug-likeness (QED) is 0.317. The first-order chi connectivity index (χ1) is 17.5. The fraction of sp³-hybridized carbons (Fsp3) is 0.414. The van der Waals surface area contributed by atoms with Crippen molar-refractivity contribution < 1.29 is 19.1 Å². The van der Waals surface area contributed by atoms with Crippen LogP contribution in [0.5, 0.6) is 0 Å². The lowest BCUT2D eigenvalue weighted by Gasteiger charge is -2.38. The summed E-state index contributed by atoms with van der Waals surface area (Å²) in [6, 6.07) is 14.2. The summed E-state index contributed by atoms with van der Waals surface area (Å²) in [7, 11) is 0. The molecule has 2 aromatic rings. The Labute approximate surface area is 225 Å². The molecule has 0 aliphatic rings. The van der Waals surface area contributed by atoms with Gasteiger partial charge in [0.25, 0.3) is 0 Å². The van der Waals surface area contributed by atoms with Crippen LogP contribution in [0.1, 0.15) is 63.8 Å². The Morgan fingerprint density at radius 1 is 1.08 bits per heavy atom. The third-order valence-corrected chi connectivity index (χ3v) is 6.09. The first-order valence-electron chi connectivity index (χ1n) is 12.3. The average Bonchev–Trinajstić information content (AvgIpc) is 2.87. The van der Waals surface area contributed by atoms with Crippen LogP contribution in [0.2, 0.25) is 0 Å². The summed E-state index contributed by atoms with van der Waals surface area (Å²) in [6.07, 6.45) is 5.38. The van der Waals surface area contributed by atoms with Gasteiger partial charge in [0.1, 0.15) is 17.7 Å². The van der Waals surface area contributed by atoms with Gasteiger partial charge in [-0.25, -0.2) is 4.79 Å². The number of alkyl carbamates (subject to hydrolysis) is 1. The van der Waals surface area contributed by atoms with Crippen molar-refractivity contribution in [1.82, 2.24) is 15.5 Å². The normalized spacial score (nSPS) is 13.4. The van der Waals surface area contributed by atoms with Crippen LogP contribution in [0, 0.1) is 12.3 Å². The summed E-state index contributed by atoms with van der Waals surface area (Å²) in [6.45, 7) is 9.32. The van der Waals surface area contributed by atoms with E-state index in [1.165, 1.54) is 4.90 Å². The van der Waals surface area contributed by atoms with Crippen LogP contribution in [0.3, 0.4) is 0 Å². The second-order valence-electron chi connectivity index (χ2n) is 9.76. The molecule has 37 heavy (non-hydrogen) atoms. The fourth-order valence-corrected chi connectivity index (χ4v) is 3.94. The Bertz CT molecular complexity index is 1090. The van der Waals surface area contributed by atoms with Crippen LogP contribution in [0.15, 0.2) is 54.6 Å². The number of carbonyl (C=O) groups excluding carboxylic acids is 3. The molecule has 3 unspecified atom stereocenters. The summed E-state index contributed by atoms with van der Waals surface area (Å²) in [4.78, 5) is 41.5. The predicted molar refractivity (Wildman–Crippen MR) is 149 cm³/mol. The Morgan fingerprint density at radius 2 is 1.70 bits per heavy atom. The topological polar surface area (TPSA) is 87.7 Å². The van der Waals surface area contributed by atoms with Gasteiger partial charge in [0, 0.05) is 23.9 Å². The maximum absolute atomic E-state index is 13.9. The van der Waals surface area contributed by atoms with Crippen molar-refractivity contribution in [2.75, 3.05) is 5.75 Å². The van der Waals surface area contributed by atoms with Crippen LogP contribution in [-0.2, 0) is 20.9 Å². The third-order valence-electron chi connectivity index (χ3n) is 5.72. The molecular formula is C29H37N3O4S. The van der Waals surface area contributed by atoms with Crippen molar-refractivity contribution in [2.45, 2.75) is 71.3 Å². The number of amides is 3. The predicted octanol–water partition coefficient (Wildman–Crippen LogP) is 4.48. The first kappa shape index (κ1) is 29.8. The molecule has 198 valence electrons. The lowest BCUT2D eigenvalue weighted by molar-refractivity contribution is -0.144. The summed E-state index contributed by atoms with van der Waals surface area (Å²) in [5.41, 5.74) is 1.46. The van der Waals surface area contributed by atoms with Crippen LogP contribution >= 0.6 is 12.6 Å². The molecule has 7 nitrogen and oxygen atoms in total. The number of nitrogens with one attached hydrogen (secondary N) is 2. The van der Waals surface area contributed by atoms with Crippen molar-refractivity contribution in [3.05, 3.63) is 71.3 Å². The molecule has 0 saturated carbocycles. The molecule has 3 atom stereocenters. The van der Waals surface area contributed by atoms with Crippen molar-refractivity contribution in [1.29, 1.82) is 0 Å². The Hall–Kier alpha value is -3.44. The number of ether oxygens (including phenoxy) is 1. The molecule has 0 bridgehead atoms. The van der Waals surface area contributed by atoms with Crippen LogP contribution in [0.25, 0.3) is 0 Å². The highest BCUT2D eigenvalue weighted by Gasteiger charge is 2.38. The summed E-state index contributed by atoms with van der Waals surface area (Å²) < 4.78 is 5.34. The van der Waals surface area contributed by atoms with E-state index in [0.29, 0.717) is 24.1 Å². The second-order valence-corrected chi connectivity index (χ2v) is 10.1. The molecule has 8 heteroatoms. The van der Waals surface area contributed by atoms with E-state index >= 15 is 0 Å². The van der Waals surface area contributed by atoms with Crippen molar-refractivity contribution in [2.24, 2.45) is 0 Å². The number of carbonyl (C=O) groups is 3. The van der Waals surface area contributed by atoms with Crippen molar-refractivity contribution in [3.8, 4) is 12.3 Å². The van der Waals surface area contributed by atoms with E-state index in [-0.39, 0.29) is 17.7 Å². The van der Waals surface area contributed by atoms with Gasteiger partial charge < -0.3 is 20.3 Å². The molecule has 0 fully saturated rings. The van der Waals surface area contributed by atoms with Gasteiger partial charge in [0.15, 0.2) is 0 Å². The minimum absolute atomic E-state index is 0.0272. The lowest BCUT2D eigenvalue weighted by atomic mass is 9.99. The van der Waals surface area contributed by atoms with E-state index in [0.717, 1.165) is 5.56 Å². The van der Waals surface area contributed by atoms with Gasteiger partial charge in [0.2, 0.25) is 11.8 Å². The summed E-state index contributed by atoms with van der Waals surface area (Å²) in [5, 5.41) is 5.58. The number of benzene rings is 2. The summed E-state index contributed by atoms with van der Waals surface area (Å²) >= 11 is 4.32. The second kappa shape index (κ2) is 13.8. The monoisotopic (exact) mass is 523 g/mol. The standard InChI is InChI=1S/C29H37N3O4S/c1-7-20(3)32(27(34)24(19-37)31-28(35)36-29(4,5)6)25(23-16-14-21(8-2)15-17-23)26(33)30-18-22-12-10-9-11-13-22/h2,9-17,20,24-25,37H,7,18-19H2,1,3-6H3,(H,30,33)(H,31,35). The number of thiol groups is 1. The van der Waals surface area contributed by atoms with Gasteiger partial charge in [0.05, 0.1) is 0 Å². The van der Waals surface area contributed by atoms with E-state index < -0.39 is 29.7 Å². The maximum atomic E-state index is 13.9. The van der Waals surface area contributed by atoms with Gasteiger partial charge >= 0.3 is 6.09 Å². The zero-order valence-electron chi connectivity index (χ0n) is 22.2. The fourth-order valence-electron chi connectivity index (χ4n) is 3.69. The summed E-state index contributed by atoms with van der Waals surface area (Å²) in [5.74, 6) is 1.82. The zero-order valence-corrected chi connectivity index (χ0v) is 23.0. The van der Waals surface area contributed by atoms with E-state index in [4.69, 9.17) is 11.2 Å². The highest BCUT2D eigenvalue weighted by molar-refractivity contribution is 7.80. The van der Waals surface area contributed by atoms with E-state index in [1.807, 2.05) is 44.2 Å². The molecule has 3 amide bonds. The molecule has 0 aliphatic heterocycles. The minimum atomic E-state index is -0.999. The van der Waals surface area contributed by atoms with E-state index in [2.05, 4.69) is 29.2 Å². The first-order valence-corrected chi connectivity index (χ1v) is 12.9. The van der Waals surface area contributed by atoms with Crippen molar-refractivity contribution >= 4 is 30.5 Å². The van der Waals surface area contributed by atoms with E-state index in [1.54, 1.807) is 45.0 Å². The SMILES string of the molecule is C#Cc1ccc(C(C(=O)NCc2ccccc2)N(C(=O)C(CS)NC(=O)OC(C)(C)C)C(C)CC)cc1. The number of nitrogens with zero attached hydrogens (tertiary/aromatic N) is 1. The Kier molecular flexibility index (Phi) is 11.1. The van der Waals surface area contributed by atoms with Crippen LogP contribution < -0.4 is 10.6 Å². The number of rotatable bonds is 10. The molecule has 2 aromatic carbocycles. The maximum Gasteiger partial charge on any atom is 0.408 e. The molecule has 2 N–H and O–H groups in total. The zero-order chi connectivity index (χ0) is 27.6. The van der Waals surface area contributed by atoms with E-state index in [9.17, 15) is 14.4 Å². The highest BCUT2D eigenvalue weighted by atomic mass is 32.1. The van der Waals surface area contributed by atoms with Crippen LogP contribution in [0.4, 0.5) is 4.79 Å². The molecule has 0 heterocycles. The van der Waals surface area contributed by atoms with Gasteiger partial charge in [-0.1, -0.05) is 55.3 Å². The largest absolute Gasteiger partial charge is 0.444 e. The van der Waals surface area contributed by atoms with Gasteiger partial charge in [-0.2, -0.15) is 12.6 Å². The Balaban J connectivity index is 2.44. The highest BCUT2D eigenvalue weighted by Crippen LogP contribution is 2.27. The number of hydrogen-bond donors (Lipinski definition) is 3. The van der Waals surface area contributed by atoms with Crippen LogP contribution in [-0.4, -0.2) is 46.2 Å². The molecule has 0 radical (unpaired) electrons. The van der Waals surface area contributed by atoms with Gasteiger partial charge in [-0.05, 0) is 57.4 Å². The van der Waals surface area contributed by atoms with Gasteiger partial charge in [-0.3, -0.25) is 9.59 Å².